The minimum atomic E-state index is 0.133. The number of hydrogen-bond acceptors (Lipinski definition) is 4. The molecule has 0 aliphatic carbocycles. The molecule has 0 aromatic carbocycles. The molecule has 6 heteroatoms. The van der Waals surface area contributed by atoms with Crippen LogP contribution in [0.5, 0.6) is 0 Å². The van der Waals surface area contributed by atoms with Gasteiger partial charge >= 0.3 is 0 Å². The van der Waals surface area contributed by atoms with Crippen LogP contribution in [0.1, 0.15) is 16.5 Å². The highest BCUT2D eigenvalue weighted by Gasteiger charge is 2.16. The number of aromatic nitrogens is 2. The third-order valence-corrected chi connectivity index (χ3v) is 5.47. The summed E-state index contributed by atoms with van der Waals surface area (Å²) in [6.07, 6.45) is 5.20. The summed E-state index contributed by atoms with van der Waals surface area (Å²) >= 11 is 8.68. The predicted molar refractivity (Wildman–Crippen MR) is 72.7 cm³/mol. The highest BCUT2D eigenvalue weighted by molar-refractivity contribution is 9.13. The van der Waals surface area contributed by atoms with Gasteiger partial charge in [-0.3, -0.25) is 0 Å². The predicted octanol–water partition coefficient (Wildman–Crippen LogP) is 3.37. The number of rotatable bonds is 3. The molecule has 16 heavy (non-hydrogen) atoms. The van der Waals surface area contributed by atoms with Crippen LogP contribution < -0.4 is 5.32 Å². The lowest BCUT2D eigenvalue weighted by Crippen LogP contribution is -2.16. The Balaban J connectivity index is 2.37. The Kier molecular flexibility index (Phi) is 4.07. The molecular weight excluding hydrogens is 354 g/mol. The van der Waals surface area contributed by atoms with Crippen molar-refractivity contribution in [3.05, 3.63) is 43.5 Å². The highest BCUT2D eigenvalue weighted by Crippen LogP contribution is 2.37. The van der Waals surface area contributed by atoms with Gasteiger partial charge in [0, 0.05) is 27.3 Å². The van der Waals surface area contributed by atoms with E-state index in [0.717, 1.165) is 13.8 Å². The van der Waals surface area contributed by atoms with Crippen LogP contribution in [0.3, 0.4) is 0 Å². The molecule has 0 aliphatic rings. The second kappa shape index (κ2) is 5.35. The third kappa shape index (κ3) is 2.51. The van der Waals surface area contributed by atoms with Crippen molar-refractivity contribution in [2.45, 2.75) is 6.04 Å². The number of halogens is 2. The van der Waals surface area contributed by atoms with Gasteiger partial charge in [-0.1, -0.05) is 0 Å². The number of hydrogen-bond donors (Lipinski definition) is 1. The van der Waals surface area contributed by atoms with Gasteiger partial charge in [-0.2, -0.15) is 0 Å². The maximum absolute atomic E-state index is 4.04. The SMILES string of the molecule is CNC(c1cncnc1)c1cc(Br)c(Br)s1. The lowest BCUT2D eigenvalue weighted by molar-refractivity contribution is 0.696. The molecule has 3 nitrogen and oxygen atoms in total. The Labute approximate surface area is 115 Å². The van der Waals surface area contributed by atoms with E-state index in [1.165, 1.54) is 11.2 Å². The van der Waals surface area contributed by atoms with Gasteiger partial charge in [0.25, 0.3) is 0 Å². The smallest absolute Gasteiger partial charge is 0.115 e. The molecule has 2 heterocycles. The van der Waals surface area contributed by atoms with Crippen LogP contribution in [0.15, 0.2) is 33.0 Å². The van der Waals surface area contributed by atoms with Gasteiger partial charge in [0.15, 0.2) is 0 Å². The molecule has 0 amide bonds. The standard InChI is InChI=1S/C10H9Br2N3S/c1-13-9(6-3-14-5-15-4-6)8-2-7(11)10(12)16-8/h2-5,9,13H,1H3. The van der Waals surface area contributed by atoms with Crippen LogP contribution >= 0.6 is 43.2 Å². The number of nitrogens with one attached hydrogen (secondary N) is 1. The fourth-order valence-corrected chi connectivity index (χ4v) is 3.67. The van der Waals surface area contributed by atoms with Crippen molar-refractivity contribution in [2.75, 3.05) is 7.05 Å². The second-order valence-corrected chi connectivity index (χ2v) is 6.42. The number of nitrogens with zero attached hydrogens (tertiary/aromatic N) is 2. The van der Waals surface area contributed by atoms with E-state index < -0.39 is 0 Å². The van der Waals surface area contributed by atoms with Crippen molar-refractivity contribution in [3.63, 3.8) is 0 Å². The van der Waals surface area contributed by atoms with Crippen molar-refractivity contribution in [2.24, 2.45) is 0 Å². The van der Waals surface area contributed by atoms with Crippen molar-refractivity contribution < 1.29 is 0 Å². The van der Waals surface area contributed by atoms with Crippen molar-refractivity contribution in [3.8, 4) is 0 Å². The minimum absolute atomic E-state index is 0.133. The Hall–Kier alpha value is -0.300. The zero-order chi connectivity index (χ0) is 11.5. The molecule has 1 unspecified atom stereocenters. The summed E-state index contributed by atoms with van der Waals surface area (Å²) in [7, 11) is 1.93. The van der Waals surface area contributed by atoms with E-state index in [1.807, 2.05) is 19.4 Å². The summed E-state index contributed by atoms with van der Waals surface area (Å²) in [5.41, 5.74) is 1.06. The normalized spacial score (nSPS) is 12.7. The molecule has 0 saturated carbocycles. The van der Waals surface area contributed by atoms with Gasteiger partial charge in [-0.15, -0.1) is 11.3 Å². The van der Waals surface area contributed by atoms with Crippen LogP contribution in [0, 0.1) is 0 Å². The first kappa shape index (κ1) is 12.2. The first-order valence-corrected chi connectivity index (χ1v) is 6.99. The molecule has 84 valence electrons. The van der Waals surface area contributed by atoms with Gasteiger partial charge in [-0.25, -0.2) is 9.97 Å². The van der Waals surface area contributed by atoms with Gasteiger partial charge < -0.3 is 5.32 Å². The molecular formula is C10H9Br2N3S. The summed E-state index contributed by atoms with van der Waals surface area (Å²) in [5.74, 6) is 0. The van der Waals surface area contributed by atoms with Gasteiger partial charge in [-0.05, 0) is 45.0 Å². The molecule has 1 atom stereocenters. The fraction of sp³-hybridized carbons (Fsp3) is 0.200. The monoisotopic (exact) mass is 361 g/mol. The first-order valence-electron chi connectivity index (χ1n) is 4.59. The second-order valence-electron chi connectivity index (χ2n) is 3.16. The molecule has 0 radical (unpaired) electrons. The Bertz CT molecular complexity index is 453. The summed E-state index contributed by atoms with van der Waals surface area (Å²) in [6.45, 7) is 0. The average Bonchev–Trinajstić information content (AvgIpc) is 2.61. The van der Waals surface area contributed by atoms with Crippen molar-refractivity contribution in [1.29, 1.82) is 0 Å². The molecule has 1 N–H and O–H groups in total. The highest BCUT2D eigenvalue weighted by atomic mass is 79.9. The first-order chi connectivity index (χ1) is 7.72. The molecule has 2 aromatic rings. The van der Waals surface area contributed by atoms with Crippen LogP contribution in [-0.4, -0.2) is 17.0 Å². The maximum Gasteiger partial charge on any atom is 0.115 e. The summed E-state index contributed by atoms with van der Waals surface area (Å²) in [6, 6.07) is 2.23. The quantitative estimate of drug-likeness (QED) is 0.909. The van der Waals surface area contributed by atoms with Crippen LogP contribution in [0.2, 0.25) is 0 Å². The molecule has 0 fully saturated rings. The van der Waals surface area contributed by atoms with Gasteiger partial charge in [0.2, 0.25) is 0 Å². The van der Waals surface area contributed by atoms with Gasteiger partial charge in [0.1, 0.15) is 6.33 Å². The van der Waals surface area contributed by atoms with Gasteiger partial charge in [0.05, 0.1) is 9.83 Å². The minimum Gasteiger partial charge on any atom is -0.309 e. The summed E-state index contributed by atoms with van der Waals surface area (Å²) < 4.78 is 2.17. The third-order valence-electron chi connectivity index (χ3n) is 2.15. The Morgan fingerprint density at radius 2 is 2.00 bits per heavy atom. The Morgan fingerprint density at radius 1 is 1.31 bits per heavy atom. The van der Waals surface area contributed by atoms with E-state index >= 15 is 0 Å². The van der Waals surface area contributed by atoms with Crippen molar-refractivity contribution in [1.82, 2.24) is 15.3 Å². The van der Waals surface area contributed by atoms with Crippen LogP contribution in [0.4, 0.5) is 0 Å². The molecule has 0 saturated heterocycles. The molecule has 0 aliphatic heterocycles. The fourth-order valence-electron chi connectivity index (χ4n) is 1.44. The average molecular weight is 363 g/mol. The van der Waals surface area contributed by atoms with Crippen LogP contribution in [0.25, 0.3) is 0 Å². The zero-order valence-corrected chi connectivity index (χ0v) is 12.4. The largest absolute Gasteiger partial charge is 0.309 e. The lowest BCUT2D eigenvalue weighted by atomic mass is 10.1. The van der Waals surface area contributed by atoms with E-state index in [0.29, 0.717) is 0 Å². The molecule has 0 bridgehead atoms. The molecule has 0 spiro atoms. The summed E-state index contributed by atoms with van der Waals surface area (Å²) in [5, 5.41) is 3.26. The van der Waals surface area contributed by atoms with Crippen LogP contribution in [-0.2, 0) is 0 Å². The topological polar surface area (TPSA) is 37.8 Å². The van der Waals surface area contributed by atoms with E-state index in [-0.39, 0.29) is 6.04 Å². The van der Waals surface area contributed by atoms with Crippen molar-refractivity contribution >= 4 is 43.2 Å². The van der Waals surface area contributed by atoms with E-state index in [9.17, 15) is 0 Å². The summed E-state index contributed by atoms with van der Waals surface area (Å²) in [4.78, 5) is 9.30. The van der Waals surface area contributed by atoms with E-state index in [2.05, 4.69) is 53.2 Å². The maximum atomic E-state index is 4.04. The number of thiophene rings is 1. The van der Waals surface area contributed by atoms with E-state index in [4.69, 9.17) is 0 Å². The zero-order valence-electron chi connectivity index (χ0n) is 8.45. The Morgan fingerprint density at radius 3 is 2.50 bits per heavy atom. The lowest BCUT2D eigenvalue weighted by Gasteiger charge is -2.13. The molecule has 2 rings (SSSR count). The molecule has 2 aromatic heterocycles. The van der Waals surface area contributed by atoms with E-state index in [1.54, 1.807) is 11.3 Å².